The molecule has 33 nitrogen and oxygen atoms in total. The summed E-state index contributed by atoms with van der Waals surface area (Å²) in [6.45, 7) is -2.87. The van der Waals surface area contributed by atoms with Gasteiger partial charge in [0.2, 0.25) is 0 Å². The minimum atomic E-state index is -2.18. The Morgan fingerprint density at radius 2 is 0.390 bits per heavy atom. The molecule has 33 heteroatoms. The van der Waals surface area contributed by atoms with Crippen LogP contribution in [0.4, 0.5) is 0 Å². The van der Waals surface area contributed by atoms with E-state index in [1.165, 1.54) is 6.92 Å². The molecule has 21 fully saturated rings. The van der Waals surface area contributed by atoms with Gasteiger partial charge in [-0.05, 0) is 6.42 Å². The van der Waals surface area contributed by atoms with Crippen LogP contribution < -0.4 is 0 Å². The third kappa shape index (κ3) is 12.1. The van der Waals surface area contributed by atoms with Gasteiger partial charge in [-0.3, -0.25) is 0 Å². The molecule has 0 aromatic carbocycles. The van der Waals surface area contributed by atoms with Crippen LogP contribution in [0.25, 0.3) is 0 Å². The van der Waals surface area contributed by atoms with E-state index in [2.05, 4.69) is 0 Å². The largest absolute Gasteiger partial charge is 0.394 e. The monoisotopic (exact) mass is 1130 g/mol. The lowest BCUT2D eigenvalue weighted by molar-refractivity contribution is -0.396. The highest BCUT2D eigenvalue weighted by Gasteiger charge is 2.59. The van der Waals surface area contributed by atoms with E-state index in [9.17, 15) is 97.0 Å². The molecular formula is C44H74O33. The Balaban J connectivity index is 1.08. The van der Waals surface area contributed by atoms with Crippen molar-refractivity contribution in [2.45, 2.75) is 229 Å². The second kappa shape index (κ2) is 26.1. The molecule has 0 saturated carbocycles. The molecule has 77 heavy (non-hydrogen) atoms. The zero-order valence-electron chi connectivity index (χ0n) is 41.4. The van der Waals surface area contributed by atoms with Gasteiger partial charge in [0.05, 0.1) is 51.8 Å². The maximum absolute atomic E-state index is 11.7. The molecule has 0 spiro atoms. The van der Waals surface area contributed by atoms with Crippen LogP contribution in [-0.4, -0.2) is 346 Å². The van der Waals surface area contributed by atoms with Gasteiger partial charge in [-0.1, -0.05) is 13.8 Å². The molecule has 0 aromatic rings. The summed E-state index contributed by atoms with van der Waals surface area (Å²) in [6, 6.07) is 0. The van der Waals surface area contributed by atoms with Crippen LogP contribution in [0.1, 0.15) is 20.3 Å². The summed E-state index contributed by atoms with van der Waals surface area (Å²) in [6.07, 6.45) is -63.3. The molecule has 21 saturated heterocycles. The SMILES string of the molecule is CC[C@H]1O[C@@H]2O[C@H]3[C@H](O)[C@@H](O)[C@@H](O[C@H]4[C@H](O)[C@@H](O)[C@@H](O[C@H]5[C@H](O)[C@@H](O)[C@@H](O[C@H]6[C@H](O)[C@@H](O)[C@@H](O[C@H]7[C@H](O)[C@@H](O)[C@@H](O[C@H]8[C@H](O)[C@@H](O)[C@@H](O[C@H]1[C@H](O)[C@H]2C)O[C@@H]8CO)O[C@@H]7CO)O[C@@H]6CO)O[C@@H]5CO)O[C@@H]4CO)O[C@@H]3CO. The van der Waals surface area contributed by atoms with Crippen molar-refractivity contribution in [3.05, 3.63) is 0 Å². The normalized spacial score (nSPS) is 55.4. The fourth-order valence-electron chi connectivity index (χ4n) is 10.8. The molecule has 0 unspecified atom stereocenters. The van der Waals surface area contributed by atoms with Gasteiger partial charge < -0.3 is 163 Å². The molecule has 0 radical (unpaired) electrons. The van der Waals surface area contributed by atoms with E-state index in [-0.39, 0.29) is 6.42 Å². The van der Waals surface area contributed by atoms with Crippen molar-refractivity contribution in [3.63, 3.8) is 0 Å². The highest BCUT2D eigenvalue weighted by atomic mass is 16.8. The van der Waals surface area contributed by atoms with Gasteiger partial charge in [0.1, 0.15) is 153 Å². The van der Waals surface area contributed by atoms with Crippen molar-refractivity contribution in [3.8, 4) is 0 Å². The molecular weight excluding hydrogens is 1060 g/mol. The lowest BCUT2D eigenvalue weighted by atomic mass is 9.90. The summed E-state index contributed by atoms with van der Waals surface area (Å²) in [5.74, 6) is -1.10. The average molecular weight is 1130 g/mol. The Hall–Kier alpha value is -1.32. The Labute approximate surface area is 437 Å². The Bertz CT molecular complexity index is 1470. The average Bonchev–Trinajstić information content (AvgIpc) is 3.45. The van der Waals surface area contributed by atoms with E-state index in [0.29, 0.717) is 0 Å². The van der Waals surface area contributed by atoms with E-state index >= 15 is 0 Å². The zero-order valence-corrected chi connectivity index (χ0v) is 41.4. The first-order valence-corrected chi connectivity index (χ1v) is 25.3. The highest BCUT2D eigenvalue weighted by Crippen LogP contribution is 2.40. The van der Waals surface area contributed by atoms with Crippen molar-refractivity contribution in [1.29, 1.82) is 0 Å². The standard InChI is InChI=1S/C44H74O33/c1-3-11-31-18(51)10(2)38(64-11)71-32-12(4-45)65-40(25(58)19(32)52)73-34-14(6-47)67-42(27(60)21(34)54)75-36-16(8-49)69-44(29(62)23(36)56)77-37-17(9-50)70-43(30(63)24(37)57)76-35-15(7-48)68-41(28(61)22(35)55)74-33-13(5-46)66-39(72-31)26(59)20(33)53/h10-63H,3-9H2,1-2H3/t10-,11-,12-,13-,14-,15-,16-,17-,18-,19-,20-,21-,22-,23-,24-,25-,26-,27-,28-,29-,30-,31-,32-,33-,34-,35-,36-,37-,38-,39-,40-,41-,42-,43-,44-/m1/s1. The van der Waals surface area contributed by atoms with Crippen molar-refractivity contribution in [2.24, 2.45) is 5.92 Å². The molecule has 21 aliphatic rings. The second-order valence-electron chi connectivity index (χ2n) is 20.2. The molecule has 21 rings (SSSR count). The maximum atomic E-state index is 11.7. The Kier molecular flexibility index (Phi) is 20.9. The molecule has 35 atom stereocenters. The van der Waals surface area contributed by atoms with Gasteiger partial charge in [0, 0.05) is 5.92 Å². The lowest BCUT2D eigenvalue weighted by Gasteiger charge is -2.50. The van der Waals surface area contributed by atoms with E-state index in [0.717, 1.165) is 0 Å². The van der Waals surface area contributed by atoms with E-state index in [4.69, 9.17) is 66.3 Å². The van der Waals surface area contributed by atoms with Crippen molar-refractivity contribution in [2.75, 3.05) is 39.6 Å². The Morgan fingerprint density at radius 1 is 0.221 bits per heavy atom. The number of rotatable bonds is 7. The third-order valence-electron chi connectivity index (χ3n) is 15.3. The molecule has 0 aliphatic carbocycles. The summed E-state index contributed by atoms with van der Waals surface area (Å²) < 4.78 is 81.3. The molecule has 19 N–H and O–H groups in total. The van der Waals surface area contributed by atoms with Crippen LogP contribution >= 0.6 is 0 Å². The number of hydrogen-bond acceptors (Lipinski definition) is 33. The number of ether oxygens (including phenoxy) is 14. The van der Waals surface area contributed by atoms with Crippen LogP contribution in [0.3, 0.4) is 0 Å². The number of hydrogen-bond donors (Lipinski definition) is 19. The van der Waals surface area contributed by atoms with Crippen LogP contribution in [-0.2, 0) is 66.3 Å². The predicted molar refractivity (Wildman–Crippen MR) is 235 cm³/mol. The van der Waals surface area contributed by atoms with Gasteiger partial charge in [0.15, 0.2) is 44.0 Å². The molecule has 21 heterocycles. The van der Waals surface area contributed by atoms with Crippen molar-refractivity contribution >= 4 is 0 Å². The van der Waals surface area contributed by atoms with Gasteiger partial charge in [-0.2, -0.15) is 0 Å². The van der Waals surface area contributed by atoms with E-state index < -0.39 is 254 Å². The van der Waals surface area contributed by atoms with Crippen molar-refractivity contribution < 1.29 is 163 Å². The number of aliphatic hydroxyl groups excluding tert-OH is 19. The summed E-state index contributed by atoms with van der Waals surface area (Å²) in [4.78, 5) is 0. The maximum Gasteiger partial charge on any atom is 0.187 e. The minimum Gasteiger partial charge on any atom is -0.394 e. The van der Waals surface area contributed by atoms with Gasteiger partial charge in [-0.15, -0.1) is 0 Å². The molecule has 21 aliphatic heterocycles. The Morgan fingerprint density at radius 3 is 0.571 bits per heavy atom. The van der Waals surface area contributed by atoms with Crippen LogP contribution in [0.5, 0.6) is 0 Å². The van der Waals surface area contributed by atoms with Crippen LogP contribution in [0, 0.1) is 5.92 Å². The van der Waals surface area contributed by atoms with Gasteiger partial charge >= 0.3 is 0 Å². The first-order valence-electron chi connectivity index (χ1n) is 25.3. The van der Waals surface area contributed by atoms with Gasteiger partial charge in [-0.25, -0.2) is 0 Å². The summed E-state index contributed by atoms with van der Waals surface area (Å²) in [7, 11) is 0. The third-order valence-corrected chi connectivity index (χ3v) is 15.3. The minimum absolute atomic E-state index is 0.0644. The smallest absolute Gasteiger partial charge is 0.187 e. The quantitative estimate of drug-likeness (QED) is 0.113. The molecule has 448 valence electrons. The summed E-state index contributed by atoms with van der Waals surface area (Å²) in [5.41, 5.74) is 0. The van der Waals surface area contributed by atoms with Gasteiger partial charge in [0.25, 0.3) is 0 Å². The lowest BCUT2D eigenvalue weighted by Crippen LogP contribution is -2.68. The van der Waals surface area contributed by atoms with Crippen molar-refractivity contribution in [1.82, 2.24) is 0 Å². The topological polar surface area (TPSA) is 514 Å². The van der Waals surface area contributed by atoms with E-state index in [1.54, 1.807) is 6.92 Å². The first-order chi connectivity index (χ1) is 36.7. The summed E-state index contributed by atoms with van der Waals surface area (Å²) in [5, 5.41) is 210. The molecule has 0 amide bonds. The second-order valence-corrected chi connectivity index (χ2v) is 20.2. The zero-order chi connectivity index (χ0) is 56.1. The number of aliphatic hydroxyl groups is 19. The highest BCUT2D eigenvalue weighted by molar-refractivity contribution is 5.01. The predicted octanol–water partition coefficient (Wildman–Crippen LogP) is -12.5. The van der Waals surface area contributed by atoms with E-state index in [1.807, 2.05) is 0 Å². The van der Waals surface area contributed by atoms with Crippen LogP contribution in [0.15, 0.2) is 0 Å². The molecule has 14 bridgehead atoms. The first kappa shape index (κ1) is 61.7. The fourth-order valence-corrected chi connectivity index (χ4v) is 10.8. The fraction of sp³-hybridized carbons (Fsp3) is 1.00. The summed E-state index contributed by atoms with van der Waals surface area (Å²) >= 11 is 0. The molecule has 0 aromatic heterocycles. The van der Waals surface area contributed by atoms with Crippen LogP contribution in [0.2, 0.25) is 0 Å².